The molecule has 0 rings (SSSR count). The Labute approximate surface area is 493 Å². The molecular weight excluding hydrogens is 947 g/mol. The van der Waals surface area contributed by atoms with Gasteiger partial charge in [-0.1, -0.05) is 307 Å². The Kier molecular flexibility index (Phi) is 70.9. The van der Waals surface area contributed by atoms with Crippen LogP contribution in [-0.4, -0.2) is 50.5 Å². The van der Waals surface area contributed by atoms with E-state index < -0.39 is 0 Å². The lowest BCUT2D eigenvalue weighted by Gasteiger charge is -2.28. The summed E-state index contributed by atoms with van der Waals surface area (Å²) in [5, 5.41) is 0. The van der Waals surface area contributed by atoms with Crippen molar-refractivity contribution >= 4 is 0 Å². The molecule has 0 saturated heterocycles. The van der Waals surface area contributed by atoms with Crippen LogP contribution in [0.15, 0.2) is 48.6 Å². The molecule has 78 heavy (non-hydrogen) atoms. The van der Waals surface area contributed by atoms with Crippen molar-refractivity contribution in [3.05, 3.63) is 48.6 Å². The summed E-state index contributed by atoms with van der Waals surface area (Å²) in [4.78, 5) is 2.79. The van der Waals surface area contributed by atoms with Crippen molar-refractivity contribution in [1.29, 1.82) is 0 Å². The van der Waals surface area contributed by atoms with E-state index in [4.69, 9.17) is 9.47 Å². The van der Waals surface area contributed by atoms with Crippen molar-refractivity contribution in [3.63, 3.8) is 0 Å². The van der Waals surface area contributed by atoms with Gasteiger partial charge in [-0.15, -0.1) is 0 Å². The SMILES string of the molecule is CCCCCCCC/C=C\CCCCCCCCOCC(CN(CCCCCCCC/C=C\CCCCCCCC)CCCCCCCC/C=C\CCCCCCCC)OCCCCCCCC/C=C\CCCCCCCC. The fourth-order valence-corrected chi connectivity index (χ4v) is 11.2. The van der Waals surface area contributed by atoms with Gasteiger partial charge in [-0.3, -0.25) is 0 Å². The smallest absolute Gasteiger partial charge is 0.0934 e. The van der Waals surface area contributed by atoms with Gasteiger partial charge in [-0.25, -0.2) is 0 Å². The second kappa shape index (κ2) is 71.9. The molecule has 0 fully saturated rings. The summed E-state index contributed by atoms with van der Waals surface area (Å²) in [5.41, 5.74) is 0. The number of allylic oxidation sites excluding steroid dienone is 8. The third-order valence-corrected chi connectivity index (χ3v) is 16.5. The molecule has 0 spiro atoms. The molecule has 462 valence electrons. The zero-order valence-electron chi connectivity index (χ0n) is 54.3. The summed E-state index contributed by atoms with van der Waals surface area (Å²) >= 11 is 0. The van der Waals surface area contributed by atoms with Crippen LogP contribution in [-0.2, 0) is 9.47 Å². The highest BCUT2D eigenvalue weighted by atomic mass is 16.5. The first-order valence-corrected chi connectivity index (χ1v) is 36.3. The molecule has 0 aliphatic heterocycles. The fourth-order valence-electron chi connectivity index (χ4n) is 11.2. The Bertz CT molecular complexity index is 1130. The molecule has 0 bridgehead atoms. The Morgan fingerprint density at radius 2 is 0.462 bits per heavy atom. The molecule has 3 heteroatoms. The molecular formula is C75H145NO2. The largest absolute Gasteiger partial charge is 0.379 e. The molecule has 0 aromatic carbocycles. The number of hydrogen-bond donors (Lipinski definition) is 0. The molecule has 3 nitrogen and oxygen atoms in total. The molecule has 0 amide bonds. The van der Waals surface area contributed by atoms with Crippen LogP contribution in [0, 0.1) is 0 Å². The lowest BCUT2D eigenvalue weighted by Crippen LogP contribution is -2.38. The fraction of sp³-hybridized carbons (Fsp3) is 0.893. The summed E-state index contributed by atoms with van der Waals surface area (Å²) in [5.74, 6) is 0. The maximum atomic E-state index is 6.80. The van der Waals surface area contributed by atoms with Crippen LogP contribution in [0.4, 0.5) is 0 Å². The number of hydrogen-bond acceptors (Lipinski definition) is 3. The van der Waals surface area contributed by atoms with E-state index in [0.29, 0.717) is 0 Å². The topological polar surface area (TPSA) is 21.7 Å². The zero-order chi connectivity index (χ0) is 56.1. The van der Waals surface area contributed by atoms with Crippen LogP contribution in [0.3, 0.4) is 0 Å². The normalized spacial score (nSPS) is 12.7. The Balaban J connectivity index is 4.99. The third-order valence-electron chi connectivity index (χ3n) is 16.5. The molecule has 0 saturated carbocycles. The van der Waals surface area contributed by atoms with Gasteiger partial charge in [0.25, 0.3) is 0 Å². The first-order chi connectivity index (χ1) is 38.8. The van der Waals surface area contributed by atoms with Crippen molar-refractivity contribution in [2.75, 3.05) is 39.5 Å². The van der Waals surface area contributed by atoms with Gasteiger partial charge >= 0.3 is 0 Å². The predicted molar refractivity (Wildman–Crippen MR) is 355 cm³/mol. The van der Waals surface area contributed by atoms with E-state index in [1.807, 2.05) is 0 Å². The first kappa shape index (κ1) is 76.8. The van der Waals surface area contributed by atoms with Crippen molar-refractivity contribution in [2.24, 2.45) is 0 Å². The molecule has 0 N–H and O–H groups in total. The van der Waals surface area contributed by atoms with E-state index >= 15 is 0 Å². The lowest BCUT2D eigenvalue weighted by atomic mass is 10.1. The van der Waals surface area contributed by atoms with Gasteiger partial charge in [0.15, 0.2) is 0 Å². The summed E-state index contributed by atoms with van der Waals surface area (Å²) in [6, 6.07) is 0. The molecule has 1 unspecified atom stereocenters. The zero-order valence-corrected chi connectivity index (χ0v) is 54.3. The van der Waals surface area contributed by atoms with Gasteiger partial charge in [-0.2, -0.15) is 0 Å². The van der Waals surface area contributed by atoms with Gasteiger partial charge in [0.1, 0.15) is 0 Å². The van der Waals surface area contributed by atoms with Crippen LogP contribution in [0.2, 0.25) is 0 Å². The number of nitrogens with zero attached hydrogens (tertiary/aromatic N) is 1. The maximum Gasteiger partial charge on any atom is 0.0934 e. The quantitative estimate of drug-likeness (QED) is 0.0448. The van der Waals surface area contributed by atoms with Crippen molar-refractivity contribution in [1.82, 2.24) is 4.90 Å². The van der Waals surface area contributed by atoms with E-state index in [0.717, 1.165) is 26.4 Å². The molecule has 0 heterocycles. The van der Waals surface area contributed by atoms with E-state index in [2.05, 4.69) is 81.2 Å². The highest BCUT2D eigenvalue weighted by Gasteiger charge is 2.16. The number of unbranched alkanes of at least 4 members (excludes halogenated alkanes) is 48. The third kappa shape index (κ3) is 67.3. The van der Waals surface area contributed by atoms with Gasteiger partial charge in [0.05, 0.1) is 12.7 Å². The minimum Gasteiger partial charge on any atom is -0.379 e. The Hall–Kier alpha value is -1.16. The van der Waals surface area contributed by atoms with Crippen molar-refractivity contribution in [3.8, 4) is 0 Å². The summed E-state index contributed by atoms with van der Waals surface area (Å²) in [7, 11) is 0. The van der Waals surface area contributed by atoms with Gasteiger partial charge in [0, 0.05) is 19.8 Å². The number of rotatable bonds is 69. The van der Waals surface area contributed by atoms with E-state index in [1.54, 1.807) is 0 Å². The van der Waals surface area contributed by atoms with Crippen LogP contribution in [0.25, 0.3) is 0 Å². The lowest BCUT2D eigenvalue weighted by molar-refractivity contribution is -0.0347. The van der Waals surface area contributed by atoms with E-state index in [-0.39, 0.29) is 6.10 Å². The average molecular weight is 1090 g/mol. The monoisotopic (exact) mass is 1090 g/mol. The standard InChI is InChI=1S/C75H145NO2/c1-5-9-13-17-21-25-29-33-37-41-45-49-53-57-61-65-69-76(70-66-62-58-54-50-46-42-38-34-30-26-22-18-14-10-6-2)73-75(78-72-68-64-60-56-52-48-44-40-36-32-28-24-20-16-12-8-4)74-77-71-67-63-59-55-51-47-43-39-35-31-27-23-19-15-11-7-3/h33-40,75H,5-32,41-74H2,1-4H3/b37-33-,38-34-,39-35-,40-36-. The maximum absolute atomic E-state index is 6.80. The van der Waals surface area contributed by atoms with Gasteiger partial charge in [-0.05, 0) is 142 Å². The second-order valence-electron chi connectivity index (χ2n) is 24.6. The summed E-state index contributed by atoms with van der Waals surface area (Å²) < 4.78 is 13.3. The minimum atomic E-state index is 0.186. The Morgan fingerprint density at radius 1 is 0.244 bits per heavy atom. The molecule has 0 radical (unpaired) electrons. The van der Waals surface area contributed by atoms with Crippen molar-refractivity contribution in [2.45, 2.75) is 393 Å². The van der Waals surface area contributed by atoms with E-state index in [1.165, 1.54) is 373 Å². The molecule has 1 atom stereocenters. The van der Waals surface area contributed by atoms with Crippen LogP contribution < -0.4 is 0 Å². The molecule has 0 aromatic heterocycles. The predicted octanol–water partition coefficient (Wildman–Crippen LogP) is 25.8. The average Bonchev–Trinajstić information content (AvgIpc) is 3.45. The molecule has 0 aliphatic carbocycles. The Morgan fingerprint density at radius 3 is 0.731 bits per heavy atom. The minimum absolute atomic E-state index is 0.186. The van der Waals surface area contributed by atoms with Gasteiger partial charge < -0.3 is 14.4 Å². The number of ether oxygens (including phenoxy) is 2. The summed E-state index contributed by atoms with van der Waals surface area (Å²) in [6.45, 7) is 15.2. The van der Waals surface area contributed by atoms with Crippen LogP contribution in [0.1, 0.15) is 387 Å². The van der Waals surface area contributed by atoms with Crippen molar-refractivity contribution < 1.29 is 9.47 Å². The first-order valence-electron chi connectivity index (χ1n) is 36.3. The van der Waals surface area contributed by atoms with Crippen LogP contribution >= 0.6 is 0 Å². The molecule has 0 aliphatic rings. The molecule has 0 aromatic rings. The highest BCUT2D eigenvalue weighted by molar-refractivity contribution is 4.84. The van der Waals surface area contributed by atoms with Gasteiger partial charge in [0.2, 0.25) is 0 Å². The van der Waals surface area contributed by atoms with E-state index in [9.17, 15) is 0 Å². The second-order valence-corrected chi connectivity index (χ2v) is 24.6. The van der Waals surface area contributed by atoms with Crippen LogP contribution in [0.5, 0.6) is 0 Å². The summed E-state index contributed by atoms with van der Waals surface area (Å²) in [6.07, 6.45) is 96.0. The highest BCUT2D eigenvalue weighted by Crippen LogP contribution is 2.17.